The van der Waals surface area contributed by atoms with Crippen LogP contribution in [0.2, 0.25) is 0 Å². The predicted molar refractivity (Wildman–Crippen MR) is 245 cm³/mol. The minimum atomic E-state index is 0.818. The van der Waals surface area contributed by atoms with Crippen LogP contribution in [0, 0.1) is 0 Å². The molecule has 0 unspecified atom stereocenters. The van der Waals surface area contributed by atoms with Crippen molar-refractivity contribution in [3.05, 3.63) is 194 Å². The van der Waals surface area contributed by atoms with Gasteiger partial charge in [-0.25, -0.2) is 0 Å². The molecule has 3 heterocycles. The molecule has 59 heavy (non-hydrogen) atoms. The highest BCUT2D eigenvalue weighted by Crippen LogP contribution is 2.51. The molecule has 0 N–H and O–H groups in total. The van der Waals surface area contributed by atoms with Gasteiger partial charge in [0.1, 0.15) is 33.5 Å². The molecule has 0 fully saturated rings. The lowest BCUT2D eigenvalue weighted by atomic mass is 9.84. The summed E-state index contributed by atoms with van der Waals surface area (Å²) in [6, 6.07) is 68.8. The van der Waals surface area contributed by atoms with E-state index < -0.39 is 0 Å². The van der Waals surface area contributed by atoms with Crippen molar-refractivity contribution < 1.29 is 13.3 Å². The standard InChI is InChI=1S/C56H32O3/c1-2-15-33(16-3-1)50-35-18-4-6-20-37(35)51(38-21-7-5-19-36(38)50)46-32-31-42(55-53(46)45-23-10-13-28-49(45)58-55)39-29-30-43(56-52(39)44-22-9-12-27-48(44)59-56)41-25-14-24-40-34-17-8-11-26-47(34)57-54(40)41/h1-32H. The zero-order valence-electron chi connectivity index (χ0n) is 31.7. The number of hydrogen-bond acceptors (Lipinski definition) is 3. The van der Waals surface area contributed by atoms with Gasteiger partial charge in [-0.3, -0.25) is 0 Å². The van der Waals surface area contributed by atoms with Gasteiger partial charge in [0.15, 0.2) is 0 Å². The van der Waals surface area contributed by atoms with Crippen LogP contribution in [0.3, 0.4) is 0 Å². The summed E-state index contributed by atoms with van der Waals surface area (Å²) in [7, 11) is 0. The third-order valence-electron chi connectivity index (χ3n) is 12.3. The minimum Gasteiger partial charge on any atom is -0.455 e. The maximum Gasteiger partial charge on any atom is 0.144 e. The van der Waals surface area contributed by atoms with Crippen molar-refractivity contribution in [2.24, 2.45) is 0 Å². The first kappa shape index (κ1) is 32.2. The molecule has 13 aromatic rings. The number of para-hydroxylation sites is 4. The van der Waals surface area contributed by atoms with E-state index in [9.17, 15) is 0 Å². The van der Waals surface area contributed by atoms with E-state index in [1.807, 2.05) is 18.2 Å². The van der Waals surface area contributed by atoms with Gasteiger partial charge in [0.25, 0.3) is 0 Å². The van der Waals surface area contributed by atoms with Gasteiger partial charge in [-0.2, -0.15) is 0 Å². The first-order valence-electron chi connectivity index (χ1n) is 20.1. The summed E-state index contributed by atoms with van der Waals surface area (Å²) in [6.45, 7) is 0. The second-order valence-electron chi connectivity index (χ2n) is 15.4. The van der Waals surface area contributed by atoms with Crippen molar-refractivity contribution in [1.29, 1.82) is 0 Å². The summed E-state index contributed by atoms with van der Waals surface area (Å²) < 4.78 is 20.4. The lowest BCUT2D eigenvalue weighted by molar-refractivity contribution is 0.665. The third-order valence-corrected chi connectivity index (χ3v) is 12.3. The molecule has 13 rings (SSSR count). The monoisotopic (exact) mass is 752 g/mol. The SMILES string of the molecule is c1ccc(-c2c3ccccc3c(-c3ccc(-c4ccc(-c5cccc6c5oc5ccccc56)c5oc6ccccc6c45)c4oc5ccccc5c34)c3ccccc23)cc1. The maximum atomic E-state index is 7.02. The summed E-state index contributed by atoms with van der Waals surface area (Å²) in [5, 5.41) is 11.3. The topological polar surface area (TPSA) is 39.4 Å². The highest BCUT2D eigenvalue weighted by molar-refractivity contribution is 6.28. The molecule has 10 aromatic carbocycles. The summed E-state index contributed by atoms with van der Waals surface area (Å²) in [5.41, 5.74) is 13.9. The van der Waals surface area contributed by atoms with Gasteiger partial charge in [-0.15, -0.1) is 0 Å². The Hall–Kier alpha value is -7.88. The second-order valence-corrected chi connectivity index (χ2v) is 15.4. The Bertz CT molecular complexity index is 3780. The lowest BCUT2D eigenvalue weighted by Crippen LogP contribution is -1.92. The number of hydrogen-bond donors (Lipinski definition) is 0. The third kappa shape index (κ3) is 4.58. The van der Waals surface area contributed by atoms with Crippen molar-refractivity contribution >= 4 is 87.4 Å². The highest BCUT2D eigenvalue weighted by atomic mass is 16.3. The number of furan rings is 3. The quantitative estimate of drug-likeness (QED) is 0.168. The molecule has 0 radical (unpaired) electrons. The van der Waals surface area contributed by atoms with E-state index in [1.165, 1.54) is 38.2 Å². The number of fused-ring (bicyclic) bond motifs is 11. The fourth-order valence-corrected chi connectivity index (χ4v) is 9.81. The van der Waals surface area contributed by atoms with Crippen LogP contribution < -0.4 is 0 Å². The molecule has 0 saturated heterocycles. The minimum absolute atomic E-state index is 0.818. The fourth-order valence-electron chi connectivity index (χ4n) is 9.81. The van der Waals surface area contributed by atoms with Crippen LogP contribution in [-0.2, 0) is 0 Å². The second kappa shape index (κ2) is 12.3. The Morgan fingerprint density at radius 3 is 1.22 bits per heavy atom. The van der Waals surface area contributed by atoms with Gasteiger partial charge < -0.3 is 13.3 Å². The van der Waals surface area contributed by atoms with Crippen molar-refractivity contribution in [3.63, 3.8) is 0 Å². The molecule has 3 aromatic heterocycles. The average molecular weight is 753 g/mol. The summed E-state index contributed by atoms with van der Waals surface area (Å²) in [4.78, 5) is 0. The van der Waals surface area contributed by atoms with E-state index in [-0.39, 0.29) is 0 Å². The molecule has 0 amide bonds. The van der Waals surface area contributed by atoms with Crippen molar-refractivity contribution in [1.82, 2.24) is 0 Å². The molecule has 3 heteroatoms. The Morgan fingerprint density at radius 2 is 0.610 bits per heavy atom. The first-order chi connectivity index (χ1) is 29.3. The molecule has 0 saturated carbocycles. The normalized spacial score (nSPS) is 12.1. The van der Waals surface area contributed by atoms with Gasteiger partial charge in [0.05, 0.1) is 0 Å². The van der Waals surface area contributed by atoms with Crippen molar-refractivity contribution in [3.8, 4) is 44.5 Å². The van der Waals surface area contributed by atoms with E-state index >= 15 is 0 Å². The molecule has 0 aliphatic rings. The molecular weight excluding hydrogens is 721 g/mol. The smallest absolute Gasteiger partial charge is 0.144 e. The molecule has 0 aliphatic carbocycles. The molecule has 0 aliphatic heterocycles. The van der Waals surface area contributed by atoms with Crippen molar-refractivity contribution in [2.75, 3.05) is 0 Å². The van der Waals surface area contributed by atoms with E-state index in [4.69, 9.17) is 13.3 Å². The van der Waals surface area contributed by atoms with Crippen LogP contribution in [0.15, 0.2) is 207 Å². The summed E-state index contributed by atoms with van der Waals surface area (Å²) >= 11 is 0. The van der Waals surface area contributed by atoms with Crippen LogP contribution in [0.1, 0.15) is 0 Å². The van der Waals surface area contributed by atoms with Crippen LogP contribution >= 0.6 is 0 Å². The maximum absolute atomic E-state index is 7.02. The Labute approximate surface area is 337 Å². The van der Waals surface area contributed by atoms with E-state index in [0.29, 0.717) is 0 Å². The predicted octanol–water partition coefficient (Wildman–Crippen LogP) is 16.4. The molecule has 0 bridgehead atoms. The lowest BCUT2D eigenvalue weighted by Gasteiger charge is -2.19. The summed E-state index contributed by atoms with van der Waals surface area (Å²) in [5.74, 6) is 0. The first-order valence-corrected chi connectivity index (χ1v) is 20.1. The van der Waals surface area contributed by atoms with Crippen molar-refractivity contribution in [2.45, 2.75) is 0 Å². The van der Waals surface area contributed by atoms with Crippen LogP contribution in [0.4, 0.5) is 0 Å². The van der Waals surface area contributed by atoms with E-state index in [0.717, 1.165) is 93.6 Å². The van der Waals surface area contributed by atoms with Crippen LogP contribution in [0.25, 0.3) is 132 Å². The largest absolute Gasteiger partial charge is 0.455 e. The van der Waals surface area contributed by atoms with E-state index in [2.05, 4.69) is 176 Å². The zero-order valence-corrected chi connectivity index (χ0v) is 31.7. The molecular formula is C56H32O3. The Kier molecular flexibility index (Phi) is 6.72. The highest BCUT2D eigenvalue weighted by Gasteiger charge is 2.25. The van der Waals surface area contributed by atoms with Gasteiger partial charge >= 0.3 is 0 Å². The molecule has 0 atom stereocenters. The molecule has 274 valence electrons. The molecule has 3 nitrogen and oxygen atoms in total. The van der Waals surface area contributed by atoms with E-state index in [1.54, 1.807) is 0 Å². The summed E-state index contributed by atoms with van der Waals surface area (Å²) in [6.07, 6.45) is 0. The van der Waals surface area contributed by atoms with Gasteiger partial charge in [0, 0.05) is 49.0 Å². The number of benzene rings is 10. The van der Waals surface area contributed by atoms with Gasteiger partial charge in [0.2, 0.25) is 0 Å². The fraction of sp³-hybridized carbons (Fsp3) is 0. The number of rotatable bonds is 4. The van der Waals surface area contributed by atoms with Gasteiger partial charge in [-0.1, -0.05) is 164 Å². The molecule has 0 spiro atoms. The van der Waals surface area contributed by atoms with Crippen LogP contribution in [-0.4, -0.2) is 0 Å². The Morgan fingerprint density at radius 1 is 0.220 bits per heavy atom. The Balaban J connectivity index is 1.12. The van der Waals surface area contributed by atoms with Gasteiger partial charge in [-0.05, 0) is 79.7 Å². The zero-order chi connectivity index (χ0) is 38.6. The average Bonchev–Trinajstić information content (AvgIpc) is 4.00. The van der Waals surface area contributed by atoms with Crippen LogP contribution in [0.5, 0.6) is 0 Å².